The van der Waals surface area contributed by atoms with Gasteiger partial charge in [0.25, 0.3) is 11.8 Å². The van der Waals surface area contributed by atoms with E-state index >= 15 is 0 Å². The number of tetrazole rings is 1. The van der Waals surface area contributed by atoms with E-state index in [0.717, 1.165) is 30.9 Å². The van der Waals surface area contributed by atoms with E-state index in [1.54, 1.807) is 12.1 Å². The van der Waals surface area contributed by atoms with Crippen LogP contribution in [0.1, 0.15) is 99.6 Å². The van der Waals surface area contributed by atoms with Crippen molar-refractivity contribution < 1.29 is 18.4 Å². The zero-order valence-electron chi connectivity index (χ0n) is 25.1. The number of aliphatic imine (C=N–C) groups is 1. The Morgan fingerprint density at radius 1 is 1.05 bits per heavy atom. The molecule has 228 valence electrons. The van der Waals surface area contributed by atoms with Crippen LogP contribution >= 0.6 is 0 Å². The molecule has 2 N–H and O–H groups in total. The van der Waals surface area contributed by atoms with Crippen molar-refractivity contribution in [2.45, 2.75) is 84.5 Å². The van der Waals surface area contributed by atoms with Gasteiger partial charge < -0.3 is 10.2 Å². The molecule has 1 aromatic heterocycles. The summed E-state index contributed by atoms with van der Waals surface area (Å²) >= 11 is 0. The number of benzene rings is 2. The Morgan fingerprint density at radius 2 is 1.72 bits per heavy atom. The minimum atomic E-state index is -0.803. The van der Waals surface area contributed by atoms with Crippen molar-refractivity contribution in [3.8, 4) is 0 Å². The molecule has 1 spiro atoms. The van der Waals surface area contributed by atoms with E-state index in [2.05, 4.69) is 53.6 Å². The second kappa shape index (κ2) is 12.7. The molecule has 2 aliphatic rings. The quantitative estimate of drug-likeness (QED) is 0.311. The van der Waals surface area contributed by atoms with E-state index in [4.69, 9.17) is 4.99 Å². The van der Waals surface area contributed by atoms with Gasteiger partial charge in [-0.1, -0.05) is 45.0 Å². The molecule has 1 fully saturated rings. The maximum Gasteiger partial charge on any atom is 0.275 e. The van der Waals surface area contributed by atoms with Crippen molar-refractivity contribution in [2.75, 3.05) is 0 Å². The fourth-order valence-corrected chi connectivity index (χ4v) is 6.36. The van der Waals surface area contributed by atoms with Gasteiger partial charge in [-0.3, -0.25) is 14.6 Å². The summed E-state index contributed by atoms with van der Waals surface area (Å²) in [6.07, 6.45) is 4.71. The second-order valence-corrected chi connectivity index (χ2v) is 12.5. The number of carbonyl (C=O) groups is 2. The van der Waals surface area contributed by atoms with E-state index in [0.29, 0.717) is 48.4 Å². The van der Waals surface area contributed by atoms with Gasteiger partial charge in [-0.15, -0.1) is 10.2 Å². The lowest BCUT2D eigenvalue weighted by Gasteiger charge is -2.46. The number of hydrogen-bond acceptors (Lipinski definition) is 6. The molecule has 0 saturated heterocycles. The van der Waals surface area contributed by atoms with Gasteiger partial charge >= 0.3 is 0 Å². The molecule has 11 heteroatoms. The zero-order chi connectivity index (χ0) is 30.7. The third-order valence-corrected chi connectivity index (χ3v) is 8.78. The molecule has 5 rings (SSSR count). The molecule has 2 heterocycles. The van der Waals surface area contributed by atoms with Crippen LogP contribution in [-0.2, 0) is 11.3 Å². The Kier molecular flexibility index (Phi) is 8.98. The zero-order valence-corrected chi connectivity index (χ0v) is 25.1. The number of halogens is 2. The van der Waals surface area contributed by atoms with Gasteiger partial charge in [0.2, 0.25) is 0 Å². The number of carbonyl (C=O) groups excluding carboxylic acids is 2. The van der Waals surface area contributed by atoms with Crippen molar-refractivity contribution in [3.05, 3.63) is 76.6 Å². The number of rotatable bonds is 10. The van der Waals surface area contributed by atoms with Crippen molar-refractivity contribution in [1.29, 1.82) is 0 Å². The fraction of sp³-hybridized carbons (Fsp3) is 0.500. The highest BCUT2D eigenvalue weighted by Crippen LogP contribution is 2.48. The summed E-state index contributed by atoms with van der Waals surface area (Å²) in [7, 11) is 0. The summed E-state index contributed by atoms with van der Waals surface area (Å²) < 4.78 is 28.6. The molecule has 0 unspecified atom stereocenters. The predicted molar refractivity (Wildman–Crippen MR) is 158 cm³/mol. The van der Waals surface area contributed by atoms with Crippen LogP contribution in [0.2, 0.25) is 0 Å². The highest BCUT2D eigenvalue weighted by molar-refractivity contribution is 6.46. The lowest BCUT2D eigenvalue weighted by molar-refractivity contribution is -0.133. The first kappa shape index (κ1) is 30.4. The normalized spacial score (nSPS) is 21.1. The number of amides is 2. The minimum Gasteiger partial charge on any atom is -0.345 e. The summed E-state index contributed by atoms with van der Waals surface area (Å²) in [4.78, 5) is 34.0. The average molecular weight is 592 g/mol. The number of aromatic nitrogens is 4. The maximum atomic E-state index is 14.3. The molecule has 2 amide bonds. The van der Waals surface area contributed by atoms with Crippen molar-refractivity contribution in [2.24, 2.45) is 22.7 Å². The van der Waals surface area contributed by atoms with Gasteiger partial charge in [0, 0.05) is 17.2 Å². The minimum absolute atomic E-state index is 0.105. The number of aromatic amines is 1. The molecule has 1 aliphatic carbocycles. The number of hydrogen-bond donors (Lipinski definition) is 2. The van der Waals surface area contributed by atoms with Gasteiger partial charge in [0.1, 0.15) is 23.0 Å². The predicted octanol–water partition coefficient (Wildman–Crippen LogP) is 5.76. The van der Waals surface area contributed by atoms with Crippen molar-refractivity contribution in [3.63, 3.8) is 0 Å². The molecule has 2 aromatic carbocycles. The second-order valence-electron chi connectivity index (χ2n) is 12.5. The Morgan fingerprint density at radius 3 is 2.30 bits per heavy atom. The Labute approximate surface area is 250 Å². The van der Waals surface area contributed by atoms with E-state index in [1.807, 2.05) is 17.0 Å². The first-order valence-electron chi connectivity index (χ1n) is 15.1. The summed E-state index contributed by atoms with van der Waals surface area (Å²) in [5.74, 6) is -0.291. The largest absolute Gasteiger partial charge is 0.345 e. The van der Waals surface area contributed by atoms with Crippen LogP contribution in [-0.4, -0.2) is 48.7 Å². The van der Waals surface area contributed by atoms with Crippen LogP contribution in [0.5, 0.6) is 0 Å². The molecule has 1 saturated carbocycles. The van der Waals surface area contributed by atoms with Gasteiger partial charge in [-0.2, -0.15) is 5.21 Å². The number of nitrogens with one attached hydrogen (secondary N) is 2. The molecular weight excluding hydrogens is 552 g/mol. The SMILES string of the molecule is CC(C)CC[C@H](c1ccc(C(=O)NCc2nn[nH]n2)cc1)N1C(=O)C(c2cc(F)cc(F)c2)=NC12CCC(C(C)C)CC2. The highest BCUT2D eigenvalue weighted by Gasteiger charge is 2.52. The van der Waals surface area contributed by atoms with Crippen LogP contribution in [0.4, 0.5) is 8.78 Å². The average Bonchev–Trinajstić information content (AvgIpc) is 3.59. The summed E-state index contributed by atoms with van der Waals surface area (Å²) in [6, 6.07) is 10.1. The topological polar surface area (TPSA) is 116 Å². The highest BCUT2D eigenvalue weighted by atomic mass is 19.1. The van der Waals surface area contributed by atoms with E-state index in [9.17, 15) is 18.4 Å². The van der Waals surface area contributed by atoms with Crippen LogP contribution < -0.4 is 5.32 Å². The molecular formula is C32H39F2N7O2. The van der Waals surface area contributed by atoms with Crippen molar-refractivity contribution >= 4 is 17.5 Å². The van der Waals surface area contributed by atoms with Crippen molar-refractivity contribution in [1.82, 2.24) is 30.8 Å². The molecule has 3 aromatic rings. The standard InChI is InChI=1S/C32H39F2N7O2/c1-19(2)5-10-27(22-6-8-23(9-7-22)30(42)35-18-28-37-39-40-38-28)41-31(43)29(24-15-25(33)17-26(34)16-24)36-32(41)13-11-21(12-14-32)20(3)4/h6-9,15-17,19-21,27H,5,10-14,18H2,1-4H3,(H,35,42)(H,37,38,39,40)/t21?,27-,32?/m1/s1. The van der Waals surface area contributed by atoms with E-state index in [-0.39, 0.29) is 35.7 Å². The Hall–Kier alpha value is -4.02. The van der Waals surface area contributed by atoms with E-state index in [1.165, 1.54) is 12.1 Å². The first-order valence-corrected chi connectivity index (χ1v) is 15.1. The van der Waals surface area contributed by atoms with Crippen LogP contribution in [0.25, 0.3) is 0 Å². The van der Waals surface area contributed by atoms with Gasteiger partial charge in [-0.25, -0.2) is 8.78 Å². The first-order chi connectivity index (χ1) is 20.6. The van der Waals surface area contributed by atoms with Crippen LogP contribution in [0, 0.1) is 29.4 Å². The van der Waals surface area contributed by atoms with Crippen LogP contribution in [0.3, 0.4) is 0 Å². The van der Waals surface area contributed by atoms with Gasteiger partial charge in [0.05, 0.1) is 12.6 Å². The van der Waals surface area contributed by atoms with E-state index < -0.39 is 17.3 Å². The van der Waals surface area contributed by atoms with Gasteiger partial charge in [-0.05, 0) is 86.1 Å². The smallest absolute Gasteiger partial charge is 0.275 e. The summed E-state index contributed by atoms with van der Waals surface area (Å²) in [5.41, 5.74) is 0.806. The number of nitrogens with zero attached hydrogens (tertiary/aromatic N) is 5. The Balaban J connectivity index is 1.48. The van der Waals surface area contributed by atoms with Crippen LogP contribution in [0.15, 0.2) is 47.5 Å². The monoisotopic (exact) mass is 591 g/mol. The molecule has 1 aliphatic heterocycles. The molecule has 43 heavy (non-hydrogen) atoms. The molecule has 0 bridgehead atoms. The molecule has 9 nitrogen and oxygen atoms in total. The third kappa shape index (κ3) is 6.65. The molecule has 0 radical (unpaired) electrons. The molecule has 1 atom stereocenters. The lowest BCUT2D eigenvalue weighted by Crippen LogP contribution is -2.51. The van der Waals surface area contributed by atoms with Gasteiger partial charge in [0.15, 0.2) is 5.82 Å². The summed E-state index contributed by atoms with van der Waals surface area (Å²) in [5, 5.41) is 16.3. The number of H-pyrrole nitrogens is 1. The fourth-order valence-electron chi connectivity index (χ4n) is 6.36. The Bertz CT molecular complexity index is 1440. The third-order valence-electron chi connectivity index (χ3n) is 8.78. The lowest BCUT2D eigenvalue weighted by atomic mass is 9.75. The summed E-state index contributed by atoms with van der Waals surface area (Å²) in [6.45, 7) is 8.85. The maximum absolute atomic E-state index is 14.3.